The Morgan fingerprint density at radius 2 is 1.89 bits per heavy atom. The molecule has 3 aromatic rings. The van der Waals surface area contributed by atoms with Crippen LogP contribution in [0, 0.1) is 12.7 Å². The summed E-state index contributed by atoms with van der Waals surface area (Å²) in [5.74, 6) is -1.11. The predicted octanol–water partition coefficient (Wildman–Crippen LogP) is 2.22. The molecule has 27 heavy (non-hydrogen) atoms. The summed E-state index contributed by atoms with van der Waals surface area (Å²) in [6.45, 7) is 3.47. The molecule has 2 aromatic heterocycles. The number of nitrogens with zero attached hydrogens (tertiary/aromatic N) is 2. The molecule has 0 radical (unpaired) electrons. The van der Waals surface area contributed by atoms with E-state index in [9.17, 15) is 18.8 Å². The average molecular weight is 367 g/mol. The normalized spacial score (nSPS) is 10.8. The lowest BCUT2D eigenvalue weighted by Crippen LogP contribution is -2.37. The molecule has 0 saturated carbocycles. The number of carbonyl (C=O) groups excluding carboxylic acids is 1. The Kier molecular flexibility index (Phi) is 5.12. The number of aromatic amines is 1. The maximum absolute atomic E-state index is 13.8. The lowest BCUT2D eigenvalue weighted by molar-refractivity contribution is 0.102. The number of hydrogen-bond donors (Lipinski definition) is 1. The first kappa shape index (κ1) is 18.4. The van der Waals surface area contributed by atoms with Gasteiger partial charge in [0.15, 0.2) is 0 Å². The van der Waals surface area contributed by atoms with Gasteiger partial charge in [0.25, 0.3) is 5.56 Å². The van der Waals surface area contributed by atoms with E-state index in [4.69, 9.17) is 0 Å². The SMILES string of the molecule is CCc1c(C(=O)c2cc(C)cc(F)c2)n(Cc2ccncc2)c(=O)[nH]c1=O. The Morgan fingerprint density at radius 3 is 2.52 bits per heavy atom. The number of ketones is 1. The van der Waals surface area contributed by atoms with Crippen molar-refractivity contribution in [3.05, 3.63) is 97.3 Å². The zero-order chi connectivity index (χ0) is 19.6. The Hall–Kier alpha value is -3.35. The van der Waals surface area contributed by atoms with Gasteiger partial charge in [0.05, 0.1) is 6.54 Å². The van der Waals surface area contributed by atoms with Gasteiger partial charge in [0.2, 0.25) is 5.78 Å². The van der Waals surface area contributed by atoms with Gasteiger partial charge in [-0.2, -0.15) is 0 Å². The van der Waals surface area contributed by atoms with Gasteiger partial charge in [0.1, 0.15) is 11.5 Å². The number of aromatic nitrogens is 3. The topological polar surface area (TPSA) is 84.8 Å². The number of aryl methyl sites for hydroxylation is 1. The Labute approximate surface area is 154 Å². The molecular weight excluding hydrogens is 349 g/mol. The van der Waals surface area contributed by atoms with E-state index >= 15 is 0 Å². The highest BCUT2D eigenvalue weighted by atomic mass is 19.1. The molecule has 1 N–H and O–H groups in total. The molecule has 0 unspecified atom stereocenters. The minimum absolute atomic E-state index is 0.0203. The van der Waals surface area contributed by atoms with E-state index in [0.29, 0.717) is 5.56 Å². The van der Waals surface area contributed by atoms with Crippen LogP contribution < -0.4 is 11.2 Å². The van der Waals surface area contributed by atoms with Crippen LogP contribution >= 0.6 is 0 Å². The number of nitrogens with one attached hydrogen (secondary N) is 1. The van der Waals surface area contributed by atoms with Gasteiger partial charge < -0.3 is 0 Å². The summed E-state index contributed by atoms with van der Waals surface area (Å²) >= 11 is 0. The lowest BCUT2D eigenvalue weighted by atomic mass is 10.0. The smallest absolute Gasteiger partial charge is 0.287 e. The van der Waals surface area contributed by atoms with Crippen molar-refractivity contribution < 1.29 is 9.18 Å². The van der Waals surface area contributed by atoms with Crippen molar-refractivity contribution in [3.8, 4) is 0 Å². The Morgan fingerprint density at radius 1 is 1.19 bits per heavy atom. The van der Waals surface area contributed by atoms with Crippen molar-refractivity contribution in [2.75, 3.05) is 0 Å². The molecule has 0 aliphatic heterocycles. The van der Waals surface area contributed by atoms with Crippen LogP contribution in [0.3, 0.4) is 0 Å². The van der Waals surface area contributed by atoms with E-state index in [1.165, 1.54) is 16.7 Å². The number of benzene rings is 1. The first-order valence-corrected chi connectivity index (χ1v) is 8.47. The van der Waals surface area contributed by atoms with Gasteiger partial charge in [-0.15, -0.1) is 0 Å². The van der Waals surface area contributed by atoms with Crippen LogP contribution in [0.1, 0.15) is 39.7 Å². The van der Waals surface area contributed by atoms with Gasteiger partial charge in [-0.3, -0.25) is 24.1 Å². The van der Waals surface area contributed by atoms with Crippen LogP contribution in [-0.2, 0) is 13.0 Å². The van der Waals surface area contributed by atoms with Crippen molar-refractivity contribution in [3.63, 3.8) is 0 Å². The van der Waals surface area contributed by atoms with E-state index in [-0.39, 0.29) is 29.8 Å². The van der Waals surface area contributed by atoms with E-state index in [1.807, 2.05) is 0 Å². The summed E-state index contributed by atoms with van der Waals surface area (Å²) in [6.07, 6.45) is 3.40. The van der Waals surface area contributed by atoms with Gasteiger partial charge in [-0.25, -0.2) is 9.18 Å². The highest BCUT2D eigenvalue weighted by molar-refractivity contribution is 6.08. The molecule has 0 aliphatic rings. The minimum atomic E-state index is -0.689. The molecule has 0 atom stereocenters. The van der Waals surface area contributed by atoms with Crippen LogP contribution in [-0.4, -0.2) is 20.3 Å². The third-order valence-electron chi connectivity index (χ3n) is 4.26. The molecule has 3 rings (SSSR count). The monoisotopic (exact) mass is 367 g/mol. The second-order valence-corrected chi connectivity index (χ2v) is 6.23. The Balaban J connectivity index is 2.24. The first-order valence-electron chi connectivity index (χ1n) is 8.47. The van der Waals surface area contributed by atoms with Crippen molar-refractivity contribution in [1.82, 2.24) is 14.5 Å². The zero-order valence-corrected chi connectivity index (χ0v) is 15.0. The number of halogens is 1. The van der Waals surface area contributed by atoms with Crippen LogP contribution in [0.4, 0.5) is 4.39 Å². The fraction of sp³-hybridized carbons (Fsp3) is 0.200. The molecule has 138 valence electrons. The fourth-order valence-electron chi connectivity index (χ4n) is 3.03. The number of carbonyl (C=O) groups is 1. The molecule has 0 spiro atoms. The summed E-state index contributed by atoms with van der Waals surface area (Å²) in [7, 11) is 0. The third-order valence-corrected chi connectivity index (χ3v) is 4.26. The first-order chi connectivity index (χ1) is 12.9. The average Bonchev–Trinajstić information content (AvgIpc) is 2.63. The molecule has 1 aromatic carbocycles. The Bertz CT molecular complexity index is 1100. The van der Waals surface area contributed by atoms with Crippen molar-refractivity contribution in [1.29, 1.82) is 0 Å². The standard InChI is InChI=1S/C20H18FN3O3/c1-3-16-17(18(25)14-8-12(2)9-15(21)10-14)24(20(27)23-19(16)26)11-13-4-6-22-7-5-13/h4-10H,3,11H2,1-2H3,(H,23,26,27). The molecular formula is C20H18FN3O3. The highest BCUT2D eigenvalue weighted by Gasteiger charge is 2.22. The van der Waals surface area contributed by atoms with Crippen LogP contribution in [0.2, 0.25) is 0 Å². The predicted molar refractivity (Wildman–Crippen MR) is 98.6 cm³/mol. The van der Waals surface area contributed by atoms with Gasteiger partial charge >= 0.3 is 5.69 Å². The second kappa shape index (κ2) is 7.49. The lowest BCUT2D eigenvalue weighted by Gasteiger charge is -2.15. The second-order valence-electron chi connectivity index (χ2n) is 6.23. The molecule has 6 nitrogen and oxygen atoms in total. The van der Waals surface area contributed by atoms with Gasteiger partial charge in [-0.1, -0.05) is 6.92 Å². The molecule has 2 heterocycles. The minimum Gasteiger partial charge on any atom is -0.287 e. The van der Waals surface area contributed by atoms with Gasteiger partial charge in [-0.05, 0) is 54.8 Å². The van der Waals surface area contributed by atoms with Crippen LogP contribution in [0.15, 0.2) is 52.3 Å². The summed E-state index contributed by atoms with van der Waals surface area (Å²) in [5, 5.41) is 0. The number of pyridine rings is 1. The quantitative estimate of drug-likeness (QED) is 0.701. The number of H-pyrrole nitrogens is 1. The number of rotatable bonds is 5. The molecule has 0 saturated heterocycles. The van der Waals surface area contributed by atoms with E-state index in [0.717, 1.165) is 11.6 Å². The summed E-state index contributed by atoms with van der Waals surface area (Å²) < 4.78 is 15.0. The summed E-state index contributed by atoms with van der Waals surface area (Å²) in [4.78, 5) is 44.1. The summed E-state index contributed by atoms with van der Waals surface area (Å²) in [6, 6.07) is 7.37. The highest BCUT2D eigenvalue weighted by Crippen LogP contribution is 2.16. The molecule has 0 aliphatic carbocycles. The number of hydrogen-bond acceptors (Lipinski definition) is 4. The maximum atomic E-state index is 13.8. The maximum Gasteiger partial charge on any atom is 0.329 e. The van der Waals surface area contributed by atoms with Gasteiger partial charge in [0, 0.05) is 23.5 Å². The van der Waals surface area contributed by atoms with E-state index in [2.05, 4.69) is 9.97 Å². The fourth-order valence-corrected chi connectivity index (χ4v) is 3.03. The van der Waals surface area contributed by atoms with Crippen molar-refractivity contribution >= 4 is 5.78 Å². The zero-order valence-electron chi connectivity index (χ0n) is 15.0. The van der Waals surface area contributed by atoms with Crippen LogP contribution in [0.5, 0.6) is 0 Å². The molecule has 7 heteroatoms. The molecule has 0 bridgehead atoms. The molecule has 0 amide bonds. The van der Waals surface area contributed by atoms with Crippen molar-refractivity contribution in [2.45, 2.75) is 26.8 Å². The van der Waals surface area contributed by atoms with E-state index in [1.54, 1.807) is 38.4 Å². The summed E-state index contributed by atoms with van der Waals surface area (Å²) in [5.41, 5.74) is 0.282. The molecule has 0 fully saturated rings. The van der Waals surface area contributed by atoms with Crippen LogP contribution in [0.25, 0.3) is 0 Å². The van der Waals surface area contributed by atoms with E-state index < -0.39 is 22.8 Å². The third kappa shape index (κ3) is 3.76. The van der Waals surface area contributed by atoms with Crippen molar-refractivity contribution in [2.24, 2.45) is 0 Å². The largest absolute Gasteiger partial charge is 0.329 e.